The lowest BCUT2D eigenvalue weighted by Gasteiger charge is -2.15. The average molecular weight is 496 g/mol. The summed E-state index contributed by atoms with van der Waals surface area (Å²) in [6.07, 6.45) is 2.98. The van der Waals surface area contributed by atoms with Crippen molar-refractivity contribution in [2.75, 3.05) is 10.6 Å². The fourth-order valence-corrected chi connectivity index (χ4v) is 3.30. The Morgan fingerprint density at radius 1 is 0.944 bits per heavy atom. The number of hydrogen-bond acceptors (Lipinski definition) is 9. The molecule has 11 nitrogen and oxygen atoms in total. The zero-order valence-corrected chi connectivity index (χ0v) is 19.0. The van der Waals surface area contributed by atoms with Gasteiger partial charge in [-0.05, 0) is 38.1 Å². The Kier molecular flexibility index (Phi) is 5.83. The van der Waals surface area contributed by atoms with Crippen LogP contribution in [0.15, 0.2) is 61.6 Å². The van der Waals surface area contributed by atoms with E-state index in [4.69, 9.17) is 4.74 Å². The number of halogens is 3. The van der Waals surface area contributed by atoms with Gasteiger partial charge in [-0.3, -0.25) is 0 Å². The second-order valence-corrected chi connectivity index (χ2v) is 7.90. The molecule has 0 fully saturated rings. The topological polar surface area (TPSA) is 120 Å². The first kappa shape index (κ1) is 23.0. The lowest BCUT2D eigenvalue weighted by molar-refractivity contribution is -0.137. The summed E-state index contributed by atoms with van der Waals surface area (Å²) in [5.74, 6) is 0.108. The normalized spacial score (nSPS) is 11.7. The standard InChI is InChI=1S/C22H19F3N10O/c1-13(2)36-21-32-19(29-15-3-5-34-6-4-27-18(34)10-15)31-20(33-21)30-16-7-14(22(23,24)25)8-17(9-16)35-12-26-11-28-35/h3-13H,1-2H3,(H2,29,30,31,32,33). The first-order valence-electron chi connectivity index (χ1n) is 10.7. The molecule has 184 valence electrons. The van der Waals surface area contributed by atoms with E-state index in [0.717, 1.165) is 12.1 Å². The highest BCUT2D eigenvalue weighted by Gasteiger charge is 2.31. The van der Waals surface area contributed by atoms with Crippen molar-refractivity contribution in [2.45, 2.75) is 26.1 Å². The van der Waals surface area contributed by atoms with E-state index >= 15 is 0 Å². The lowest BCUT2D eigenvalue weighted by atomic mass is 10.1. The molecule has 1 aromatic carbocycles. The largest absolute Gasteiger partial charge is 0.461 e. The molecular formula is C22H19F3N10O. The quantitative estimate of drug-likeness (QED) is 0.338. The van der Waals surface area contributed by atoms with E-state index in [1.165, 1.54) is 23.4 Å². The third-order valence-corrected chi connectivity index (χ3v) is 4.79. The highest BCUT2D eigenvalue weighted by molar-refractivity contribution is 5.63. The number of nitrogens with zero attached hydrogens (tertiary/aromatic N) is 8. The molecule has 0 saturated heterocycles. The number of ether oxygens (including phenoxy) is 1. The SMILES string of the molecule is CC(C)Oc1nc(Nc2cc(-n3cncn3)cc(C(F)(F)F)c2)nc(Nc2ccn3ccnc3c2)n1. The van der Waals surface area contributed by atoms with Crippen LogP contribution in [-0.2, 0) is 6.18 Å². The molecule has 0 spiro atoms. The second-order valence-electron chi connectivity index (χ2n) is 7.90. The third-order valence-electron chi connectivity index (χ3n) is 4.79. The number of alkyl halides is 3. The number of fused-ring (bicyclic) bond motifs is 1. The Hall–Kier alpha value is -4.75. The van der Waals surface area contributed by atoms with Gasteiger partial charge >= 0.3 is 12.2 Å². The van der Waals surface area contributed by atoms with Gasteiger partial charge in [0.25, 0.3) is 0 Å². The van der Waals surface area contributed by atoms with Gasteiger partial charge in [0.05, 0.1) is 17.4 Å². The summed E-state index contributed by atoms with van der Waals surface area (Å²) in [6.45, 7) is 3.60. The number of imidazole rings is 1. The van der Waals surface area contributed by atoms with Gasteiger partial charge in [-0.15, -0.1) is 0 Å². The predicted molar refractivity (Wildman–Crippen MR) is 124 cm³/mol. The van der Waals surface area contributed by atoms with E-state index in [0.29, 0.717) is 11.3 Å². The van der Waals surface area contributed by atoms with Crippen molar-refractivity contribution >= 4 is 28.9 Å². The molecule has 0 unspecified atom stereocenters. The van der Waals surface area contributed by atoms with Crippen molar-refractivity contribution in [3.63, 3.8) is 0 Å². The van der Waals surface area contributed by atoms with Gasteiger partial charge < -0.3 is 19.8 Å². The molecule has 4 aromatic heterocycles. The second kappa shape index (κ2) is 9.13. The van der Waals surface area contributed by atoms with Crippen LogP contribution in [0.2, 0.25) is 0 Å². The van der Waals surface area contributed by atoms with Gasteiger partial charge in [0.1, 0.15) is 18.3 Å². The maximum Gasteiger partial charge on any atom is 0.416 e. The van der Waals surface area contributed by atoms with Crippen molar-refractivity contribution in [1.29, 1.82) is 0 Å². The fourth-order valence-electron chi connectivity index (χ4n) is 3.30. The van der Waals surface area contributed by atoms with E-state index in [-0.39, 0.29) is 35.4 Å². The minimum absolute atomic E-state index is 0.00429. The number of pyridine rings is 1. The monoisotopic (exact) mass is 496 g/mol. The summed E-state index contributed by atoms with van der Waals surface area (Å²) in [5, 5.41) is 9.80. The Morgan fingerprint density at radius 2 is 1.72 bits per heavy atom. The summed E-state index contributed by atoms with van der Waals surface area (Å²) < 4.78 is 49.4. The molecule has 36 heavy (non-hydrogen) atoms. The van der Waals surface area contributed by atoms with Gasteiger partial charge in [0.2, 0.25) is 11.9 Å². The highest BCUT2D eigenvalue weighted by atomic mass is 19.4. The number of rotatable bonds is 7. The molecule has 14 heteroatoms. The first-order chi connectivity index (χ1) is 17.2. The Labute approximate surface area is 202 Å². The summed E-state index contributed by atoms with van der Waals surface area (Å²) in [7, 11) is 0. The third kappa shape index (κ3) is 5.16. The number of anilines is 4. The van der Waals surface area contributed by atoms with Crippen molar-refractivity contribution in [2.24, 2.45) is 0 Å². The molecule has 0 aliphatic heterocycles. The van der Waals surface area contributed by atoms with Crippen LogP contribution in [0.1, 0.15) is 19.4 Å². The van der Waals surface area contributed by atoms with Crippen molar-refractivity contribution in [3.05, 3.63) is 67.1 Å². The van der Waals surface area contributed by atoms with Gasteiger partial charge in [0, 0.05) is 36.0 Å². The van der Waals surface area contributed by atoms with Crippen molar-refractivity contribution in [1.82, 2.24) is 39.1 Å². The Balaban J connectivity index is 1.50. The number of hydrogen-bond donors (Lipinski definition) is 2. The van der Waals surface area contributed by atoms with Crippen molar-refractivity contribution in [3.8, 4) is 11.7 Å². The molecule has 0 aliphatic carbocycles. The number of nitrogens with one attached hydrogen (secondary N) is 2. The smallest absolute Gasteiger partial charge is 0.416 e. The number of benzene rings is 1. The Bertz CT molecular complexity index is 1500. The van der Waals surface area contributed by atoms with Crippen LogP contribution in [0.25, 0.3) is 11.3 Å². The maximum atomic E-state index is 13.6. The van der Waals surface area contributed by atoms with E-state index in [2.05, 4.69) is 40.7 Å². The zero-order valence-electron chi connectivity index (χ0n) is 19.0. The van der Waals surface area contributed by atoms with E-state index in [1.54, 1.807) is 38.4 Å². The van der Waals surface area contributed by atoms with Crippen LogP contribution in [-0.4, -0.2) is 45.2 Å². The Morgan fingerprint density at radius 3 is 2.42 bits per heavy atom. The van der Waals surface area contributed by atoms with Crippen molar-refractivity contribution < 1.29 is 17.9 Å². The minimum atomic E-state index is -4.59. The van der Waals surface area contributed by atoms with Crippen LogP contribution in [0, 0.1) is 0 Å². The van der Waals surface area contributed by atoms with Gasteiger partial charge in [-0.25, -0.2) is 14.6 Å². The molecule has 0 aliphatic rings. The fraction of sp³-hybridized carbons (Fsp3) is 0.182. The lowest BCUT2D eigenvalue weighted by Crippen LogP contribution is -2.12. The maximum absolute atomic E-state index is 13.6. The summed E-state index contributed by atoms with van der Waals surface area (Å²) in [5.41, 5.74) is 0.715. The van der Waals surface area contributed by atoms with Gasteiger partial charge in [0.15, 0.2) is 0 Å². The molecule has 0 radical (unpaired) electrons. The van der Waals surface area contributed by atoms with Gasteiger partial charge in [-0.1, -0.05) is 0 Å². The van der Waals surface area contributed by atoms with Crippen LogP contribution in [0.4, 0.5) is 36.4 Å². The average Bonchev–Trinajstić information content (AvgIpc) is 3.50. The summed E-state index contributed by atoms with van der Waals surface area (Å²) >= 11 is 0. The minimum Gasteiger partial charge on any atom is -0.461 e. The van der Waals surface area contributed by atoms with Crippen LogP contribution in [0.3, 0.4) is 0 Å². The molecule has 5 rings (SSSR count). The molecule has 4 heterocycles. The van der Waals surface area contributed by atoms with Gasteiger partial charge in [-0.2, -0.15) is 33.2 Å². The molecule has 0 saturated carbocycles. The predicted octanol–water partition coefficient (Wildman–Crippen LogP) is 4.39. The summed E-state index contributed by atoms with van der Waals surface area (Å²) in [6, 6.07) is 6.97. The zero-order chi connectivity index (χ0) is 25.3. The van der Waals surface area contributed by atoms with Crippen LogP contribution >= 0.6 is 0 Å². The first-order valence-corrected chi connectivity index (χ1v) is 10.7. The van der Waals surface area contributed by atoms with E-state index < -0.39 is 11.7 Å². The summed E-state index contributed by atoms with van der Waals surface area (Å²) in [4.78, 5) is 20.8. The molecule has 2 N–H and O–H groups in total. The molecule has 0 amide bonds. The number of aromatic nitrogens is 8. The molecule has 0 atom stereocenters. The van der Waals surface area contributed by atoms with E-state index in [9.17, 15) is 13.2 Å². The molecule has 0 bridgehead atoms. The van der Waals surface area contributed by atoms with E-state index in [1.807, 2.05) is 10.6 Å². The molecular weight excluding hydrogens is 477 g/mol. The molecule has 5 aromatic rings. The van der Waals surface area contributed by atoms with Crippen LogP contribution < -0.4 is 15.4 Å². The van der Waals surface area contributed by atoms with Crippen LogP contribution in [0.5, 0.6) is 6.01 Å². The highest BCUT2D eigenvalue weighted by Crippen LogP contribution is 2.33.